The van der Waals surface area contributed by atoms with E-state index in [2.05, 4.69) is 20.8 Å². The molecule has 2 rings (SSSR count). The smallest absolute Gasteiger partial charge is 0.317 e. The van der Waals surface area contributed by atoms with Crippen LogP contribution in [0.3, 0.4) is 0 Å². The Bertz CT molecular complexity index is 487. The molecule has 0 aliphatic carbocycles. The van der Waals surface area contributed by atoms with Crippen molar-refractivity contribution in [3.8, 4) is 0 Å². The molecule has 2 N–H and O–H groups in total. The molecule has 1 aliphatic rings. The van der Waals surface area contributed by atoms with Crippen LogP contribution in [0.15, 0.2) is 4.52 Å². The molecular weight excluding hydrogens is 262 g/mol. The number of aryl methyl sites for hydroxylation is 1. The molecule has 8 nitrogen and oxygen atoms in total. The maximum absolute atomic E-state index is 11.9. The van der Waals surface area contributed by atoms with Gasteiger partial charge in [-0.25, -0.2) is 4.79 Å². The van der Waals surface area contributed by atoms with Gasteiger partial charge in [-0.15, -0.1) is 0 Å². The number of hydrogen-bond donors (Lipinski definition) is 2. The summed E-state index contributed by atoms with van der Waals surface area (Å²) in [7, 11) is 0. The number of nitrogens with one attached hydrogen (secondary N) is 2. The molecule has 1 saturated heterocycles. The Labute approximate surface area is 116 Å². The molecule has 0 unspecified atom stereocenters. The van der Waals surface area contributed by atoms with Gasteiger partial charge >= 0.3 is 6.03 Å². The second-order valence-electron chi connectivity index (χ2n) is 4.75. The summed E-state index contributed by atoms with van der Waals surface area (Å²) in [5, 5.41) is 9.30. The van der Waals surface area contributed by atoms with Crippen LogP contribution in [0.4, 0.5) is 4.79 Å². The topological polar surface area (TPSA) is 100 Å². The van der Waals surface area contributed by atoms with E-state index in [1.807, 2.05) is 6.92 Å². The van der Waals surface area contributed by atoms with Crippen LogP contribution in [0.5, 0.6) is 0 Å². The van der Waals surface area contributed by atoms with E-state index >= 15 is 0 Å². The lowest BCUT2D eigenvalue weighted by Gasteiger charge is -2.16. The van der Waals surface area contributed by atoms with E-state index in [0.717, 1.165) is 6.42 Å². The Balaban J connectivity index is 1.76. The maximum Gasteiger partial charge on any atom is 0.317 e. The molecule has 0 saturated carbocycles. The number of carbonyl (C=O) groups excluding carboxylic acids is 2. The van der Waals surface area contributed by atoms with Gasteiger partial charge in [-0.05, 0) is 6.42 Å². The molecule has 110 valence electrons. The second kappa shape index (κ2) is 6.36. The largest absolute Gasteiger partial charge is 0.352 e. The van der Waals surface area contributed by atoms with Gasteiger partial charge in [-0.2, -0.15) is 4.98 Å². The molecule has 2 heterocycles. The molecule has 1 atom stereocenters. The molecule has 1 fully saturated rings. The SMILES string of the molecule is CCc1noc(CNC(=O)N2CC[C@H](NC(C)=O)C2)n1. The third-order valence-electron chi connectivity index (χ3n) is 3.10. The van der Waals surface area contributed by atoms with Gasteiger partial charge in [0.2, 0.25) is 11.8 Å². The van der Waals surface area contributed by atoms with Crippen LogP contribution in [-0.4, -0.2) is 46.1 Å². The molecule has 3 amide bonds. The Morgan fingerprint density at radius 2 is 2.30 bits per heavy atom. The van der Waals surface area contributed by atoms with Crippen molar-refractivity contribution in [2.45, 2.75) is 39.3 Å². The predicted molar refractivity (Wildman–Crippen MR) is 69.7 cm³/mol. The van der Waals surface area contributed by atoms with Gasteiger partial charge in [0.25, 0.3) is 0 Å². The number of urea groups is 1. The van der Waals surface area contributed by atoms with Crippen molar-refractivity contribution >= 4 is 11.9 Å². The summed E-state index contributed by atoms with van der Waals surface area (Å²) in [5.74, 6) is 0.948. The van der Waals surface area contributed by atoms with E-state index in [0.29, 0.717) is 31.2 Å². The molecule has 1 aromatic rings. The summed E-state index contributed by atoms with van der Waals surface area (Å²) in [5.41, 5.74) is 0. The summed E-state index contributed by atoms with van der Waals surface area (Å²) in [4.78, 5) is 28.7. The molecule has 1 aliphatic heterocycles. The standard InChI is InChI=1S/C12H19N5O3/c1-3-10-15-11(20-16-10)6-13-12(19)17-5-4-9(7-17)14-8(2)18/h9H,3-7H2,1-2H3,(H,13,19)(H,14,18)/t9-/m0/s1. The highest BCUT2D eigenvalue weighted by Gasteiger charge is 2.26. The van der Waals surface area contributed by atoms with E-state index in [-0.39, 0.29) is 24.5 Å². The van der Waals surface area contributed by atoms with Gasteiger partial charge in [0.15, 0.2) is 5.82 Å². The first kappa shape index (κ1) is 14.3. The fourth-order valence-corrected chi connectivity index (χ4v) is 2.12. The summed E-state index contributed by atoms with van der Waals surface area (Å²) < 4.78 is 4.99. The van der Waals surface area contributed by atoms with Gasteiger partial charge in [0.05, 0.1) is 6.54 Å². The number of carbonyl (C=O) groups is 2. The third kappa shape index (κ3) is 3.69. The van der Waals surface area contributed by atoms with Crippen molar-refractivity contribution in [1.82, 2.24) is 25.7 Å². The zero-order valence-corrected chi connectivity index (χ0v) is 11.7. The Morgan fingerprint density at radius 1 is 1.50 bits per heavy atom. The van der Waals surface area contributed by atoms with E-state index < -0.39 is 0 Å². The lowest BCUT2D eigenvalue weighted by molar-refractivity contribution is -0.119. The zero-order valence-electron chi connectivity index (χ0n) is 11.7. The third-order valence-corrected chi connectivity index (χ3v) is 3.10. The molecule has 0 aromatic carbocycles. The van der Waals surface area contributed by atoms with E-state index in [4.69, 9.17) is 4.52 Å². The average Bonchev–Trinajstić information content (AvgIpc) is 3.04. The fraction of sp³-hybridized carbons (Fsp3) is 0.667. The Kier molecular flexibility index (Phi) is 4.54. The van der Waals surface area contributed by atoms with Crippen molar-refractivity contribution < 1.29 is 14.1 Å². The van der Waals surface area contributed by atoms with Crippen LogP contribution in [0.2, 0.25) is 0 Å². The summed E-state index contributed by atoms with van der Waals surface area (Å²) >= 11 is 0. The van der Waals surface area contributed by atoms with Crippen molar-refractivity contribution in [3.63, 3.8) is 0 Å². The molecule has 0 spiro atoms. The first-order valence-electron chi connectivity index (χ1n) is 6.69. The second-order valence-corrected chi connectivity index (χ2v) is 4.75. The Hall–Kier alpha value is -2.12. The van der Waals surface area contributed by atoms with Crippen molar-refractivity contribution in [1.29, 1.82) is 0 Å². The first-order chi connectivity index (χ1) is 9.58. The summed E-state index contributed by atoms with van der Waals surface area (Å²) in [6.07, 6.45) is 1.47. The van der Waals surface area contributed by atoms with E-state index in [1.165, 1.54) is 6.92 Å². The molecule has 1 aromatic heterocycles. The molecule has 20 heavy (non-hydrogen) atoms. The normalized spacial score (nSPS) is 18.1. The number of aromatic nitrogens is 2. The average molecular weight is 281 g/mol. The van der Waals surface area contributed by atoms with Crippen molar-refractivity contribution in [3.05, 3.63) is 11.7 Å². The fourth-order valence-electron chi connectivity index (χ4n) is 2.12. The molecular formula is C12H19N5O3. The summed E-state index contributed by atoms with van der Waals surface area (Å²) in [6.45, 7) is 4.77. The van der Waals surface area contributed by atoms with Crippen molar-refractivity contribution in [2.24, 2.45) is 0 Å². The molecule has 8 heteroatoms. The van der Waals surface area contributed by atoms with E-state index in [1.54, 1.807) is 4.90 Å². The predicted octanol–water partition coefficient (Wildman–Crippen LogP) is 0.0520. The number of nitrogens with zero attached hydrogens (tertiary/aromatic N) is 3. The maximum atomic E-state index is 11.9. The van der Waals surface area contributed by atoms with Crippen LogP contribution >= 0.6 is 0 Å². The van der Waals surface area contributed by atoms with Gasteiger partial charge in [-0.3, -0.25) is 4.79 Å². The van der Waals surface area contributed by atoms with Crippen LogP contribution in [-0.2, 0) is 17.8 Å². The van der Waals surface area contributed by atoms with Crippen LogP contribution in [0.1, 0.15) is 32.0 Å². The van der Waals surface area contributed by atoms with Gasteiger partial charge in [-0.1, -0.05) is 12.1 Å². The Morgan fingerprint density at radius 3 is 2.95 bits per heavy atom. The number of hydrogen-bond acceptors (Lipinski definition) is 5. The zero-order chi connectivity index (χ0) is 14.5. The number of likely N-dealkylation sites (tertiary alicyclic amines) is 1. The lowest BCUT2D eigenvalue weighted by Crippen LogP contribution is -2.41. The highest BCUT2D eigenvalue weighted by molar-refractivity contribution is 5.75. The summed E-state index contributed by atoms with van der Waals surface area (Å²) in [6, 6.07) is -0.151. The van der Waals surface area contributed by atoms with E-state index in [9.17, 15) is 9.59 Å². The minimum absolute atomic E-state index is 0.0355. The van der Waals surface area contributed by atoms with Crippen LogP contribution < -0.4 is 10.6 Å². The molecule has 0 bridgehead atoms. The van der Waals surface area contributed by atoms with Gasteiger partial charge < -0.3 is 20.1 Å². The van der Waals surface area contributed by atoms with Crippen LogP contribution in [0, 0.1) is 0 Å². The van der Waals surface area contributed by atoms with Crippen LogP contribution in [0.25, 0.3) is 0 Å². The van der Waals surface area contributed by atoms with Gasteiger partial charge in [0, 0.05) is 32.5 Å². The quantitative estimate of drug-likeness (QED) is 0.812. The number of rotatable bonds is 4. The minimum atomic E-state index is -0.186. The number of amides is 3. The highest BCUT2D eigenvalue weighted by Crippen LogP contribution is 2.09. The van der Waals surface area contributed by atoms with Crippen molar-refractivity contribution in [2.75, 3.05) is 13.1 Å². The highest BCUT2D eigenvalue weighted by atomic mass is 16.5. The molecule has 0 radical (unpaired) electrons. The van der Waals surface area contributed by atoms with Gasteiger partial charge in [0.1, 0.15) is 0 Å². The monoisotopic (exact) mass is 281 g/mol. The lowest BCUT2D eigenvalue weighted by atomic mass is 10.3. The minimum Gasteiger partial charge on any atom is -0.352 e. The first-order valence-corrected chi connectivity index (χ1v) is 6.69.